The van der Waals surface area contributed by atoms with Gasteiger partial charge in [-0.05, 0) is 49.9 Å². The minimum atomic E-state index is -0.898. The highest BCUT2D eigenvalue weighted by atomic mass is 19.1. The molecule has 31 heavy (non-hydrogen) atoms. The average molecular weight is 435 g/mol. The van der Waals surface area contributed by atoms with Gasteiger partial charge in [-0.25, -0.2) is 8.78 Å². The quantitative estimate of drug-likeness (QED) is 0.503. The molecule has 2 aromatic rings. The van der Waals surface area contributed by atoms with E-state index in [1.165, 1.54) is 32.4 Å². The molecule has 2 aromatic carbocycles. The summed E-state index contributed by atoms with van der Waals surface area (Å²) in [6, 6.07) is 8.54. The topological polar surface area (TPSA) is 76.1 Å². The Hall–Kier alpha value is -3.16. The first-order chi connectivity index (χ1) is 14.8. The minimum Gasteiger partial charge on any atom is -0.497 e. The number of amides is 1. The molecule has 0 spiro atoms. The summed E-state index contributed by atoms with van der Waals surface area (Å²) in [5, 5.41) is 8.82. The van der Waals surface area contributed by atoms with Crippen molar-refractivity contribution >= 4 is 11.9 Å². The molecule has 0 aliphatic rings. The van der Waals surface area contributed by atoms with Gasteiger partial charge in [-0.15, -0.1) is 0 Å². The van der Waals surface area contributed by atoms with Gasteiger partial charge in [-0.2, -0.15) is 0 Å². The van der Waals surface area contributed by atoms with E-state index in [1.807, 2.05) is 0 Å². The van der Waals surface area contributed by atoms with Crippen LogP contribution in [0.2, 0.25) is 0 Å². The number of unbranched alkanes of at least 4 members (excludes halogenated alkanes) is 1. The third-order valence-corrected chi connectivity index (χ3v) is 4.87. The number of rotatable bonds is 12. The molecule has 0 aliphatic carbocycles. The van der Waals surface area contributed by atoms with Crippen molar-refractivity contribution in [3.8, 4) is 11.5 Å². The molecule has 1 amide bonds. The summed E-state index contributed by atoms with van der Waals surface area (Å²) in [6.07, 6.45) is 1.41. The number of methoxy groups -OCH3 is 2. The third-order valence-electron chi connectivity index (χ3n) is 4.87. The van der Waals surface area contributed by atoms with Crippen LogP contribution in [-0.4, -0.2) is 49.2 Å². The van der Waals surface area contributed by atoms with Crippen molar-refractivity contribution < 1.29 is 33.0 Å². The van der Waals surface area contributed by atoms with E-state index in [1.54, 1.807) is 23.1 Å². The van der Waals surface area contributed by atoms with Crippen LogP contribution in [0.15, 0.2) is 36.4 Å². The Morgan fingerprint density at radius 2 is 1.52 bits per heavy atom. The molecule has 2 rings (SSSR count). The van der Waals surface area contributed by atoms with Crippen molar-refractivity contribution in [3.05, 3.63) is 59.2 Å². The van der Waals surface area contributed by atoms with Crippen LogP contribution in [0.25, 0.3) is 0 Å². The smallest absolute Gasteiger partial charge is 0.303 e. The van der Waals surface area contributed by atoms with Gasteiger partial charge in [-0.3, -0.25) is 9.59 Å². The number of carbonyl (C=O) groups excluding carboxylic acids is 1. The number of carboxylic acid groups (broad SMARTS) is 1. The maximum absolute atomic E-state index is 13.9. The predicted molar refractivity (Wildman–Crippen MR) is 112 cm³/mol. The first-order valence-electron chi connectivity index (χ1n) is 10.0. The van der Waals surface area contributed by atoms with Crippen LogP contribution in [0.3, 0.4) is 0 Å². The molecule has 1 N–H and O–H groups in total. The Bertz CT molecular complexity index is 861. The molecule has 8 heteroatoms. The van der Waals surface area contributed by atoms with E-state index < -0.39 is 17.6 Å². The monoisotopic (exact) mass is 435 g/mol. The lowest BCUT2D eigenvalue weighted by molar-refractivity contribution is -0.137. The van der Waals surface area contributed by atoms with Crippen LogP contribution in [-0.2, 0) is 11.2 Å². The van der Waals surface area contributed by atoms with Gasteiger partial charge in [0.05, 0.1) is 14.2 Å². The molecule has 0 saturated heterocycles. The van der Waals surface area contributed by atoms with Gasteiger partial charge < -0.3 is 19.5 Å². The summed E-state index contributed by atoms with van der Waals surface area (Å²) in [6.45, 7) is 0.588. The summed E-state index contributed by atoms with van der Waals surface area (Å²) >= 11 is 0. The van der Waals surface area contributed by atoms with Crippen molar-refractivity contribution in [3.63, 3.8) is 0 Å². The maximum Gasteiger partial charge on any atom is 0.303 e. The summed E-state index contributed by atoms with van der Waals surface area (Å²) in [5.41, 5.74) is 0.343. The lowest BCUT2D eigenvalue weighted by Gasteiger charge is -2.23. The molecular weight excluding hydrogens is 408 g/mol. The summed E-state index contributed by atoms with van der Waals surface area (Å²) in [7, 11) is 2.96. The molecule has 0 heterocycles. The third kappa shape index (κ3) is 7.24. The van der Waals surface area contributed by atoms with Crippen LogP contribution >= 0.6 is 0 Å². The number of hydrogen-bond donors (Lipinski definition) is 1. The van der Waals surface area contributed by atoms with Crippen LogP contribution in [0, 0.1) is 11.6 Å². The summed E-state index contributed by atoms with van der Waals surface area (Å²) < 4.78 is 38.2. The SMILES string of the molecule is COc1cc(OC)cc(C(=O)N(CCCCC(=O)O)CCCc2c(F)cccc2F)c1. The predicted octanol–water partition coefficient (Wildman–Crippen LogP) is 4.31. The van der Waals surface area contributed by atoms with E-state index in [0.717, 1.165) is 0 Å². The highest BCUT2D eigenvalue weighted by molar-refractivity contribution is 5.95. The van der Waals surface area contributed by atoms with E-state index in [9.17, 15) is 18.4 Å². The van der Waals surface area contributed by atoms with E-state index >= 15 is 0 Å². The van der Waals surface area contributed by atoms with Crippen molar-refractivity contribution in [1.82, 2.24) is 4.90 Å². The van der Waals surface area contributed by atoms with Crippen molar-refractivity contribution in [2.45, 2.75) is 32.1 Å². The van der Waals surface area contributed by atoms with Gasteiger partial charge in [-0.1, -0.05) is 6.07 Å². The zero-order valence-electron chi connectivity index (χ0n) is 17.7. The van der Waals surface area contributed by atoms with Gasteiger partial charge >= 0.3 is 5.97 Å². The van der Waals surface area contributed by atoms with Gasteiger partial charge in [0.2, 0.25) is 0 Å². The number of carbonyl (C=O) groups is 2. The fraction of sp³-hybridized carbons (Fsp3) is 0.391. The molecule has 0 radical (unpaired) electrons. The highest BCUT2D eigenvalue weighted by Crippen LogP contribution is 2.24. The fourth-order valence-electron chi connectivity index (χ4n) is 3.23. The standard InChI is InChI=1S/C23H27F2NO5/c1-30-17-13-16(14-18(15-17)31-2)23(29)26(11-4-3-10-22(27)28)12-6-7-19-20(24)8-5-9-21(19)25/h5,8-9,13-15H,3-4,6-7,10-12H2,1-2H3,(H,27,28). The lowest BCUT2D eigenvalue weighted by atomic mass is 10.1. The molecule has 0 fully saturated rings. The average Bonchev–Trinajstić information content (AvgIpc) is 2.76. The van der Waals surface area contributed by atoms with E-state index in [0.29, 0.717) is 42.9 Å². The first-order valence-corrected chi connectivity index (χ1v) is 10.0. The summed E-state index contributed by atoms with van der Waals surface area (Å²) in [4.78, 5) is 25.5. The zero-order valence-corrected chi connectivity index (χ0v) is 17.7. The Kier molecular flexibility index (Phi) is 9.24. The van der Waals surface area contributed by atoms with E-state index in [-0.39, 0.29) is 30.9 Å². The molecule has 168 valence electrons. The van der Waals surface area contributed by atoms with Crippen molar-refractivity contribution in [1.29, 1.82) is 0 Å². The molecule has 0 bridgehead atoms. The molecule has 0 aliphatic heterocycles. The number of ether oxygens (including phenoxy) is 2. The van der Waals surface area contributed by atoms with Gasteiger partial charge in [0, 0.05) is 36.7 Å². The van der Waals surface area contributed by atoms with Crippen LogP contribution in [0.5, 0.6) is 11.5 Å². The molecule has 0 unspecified atom stereocenters. The largest absolute Gasteiger partial charge is 0.497 e. The zero-order chi connectivity index (χ0) is 22.8. The second kappa shape index (κ2) is 11.9. The van der Waals surface area contributed by atoms with E-state index in [2.05, 4.69) is 0 Å². The van der Waals surface area contributed by atoms with Gasteiger partial charge in [0.25, 0.3) is 5.91 Å². The number of halogens is 2. The van der Waals surface area contributed by atoms with Gasteiger partial charge in [0.1, 0.15) is 23.1 Å². The highest BCUT2D eigenvalue weighted by Gasteiger charge is 2.18. The first kappa shape index (κ1) is 24.1. The summed E-state index contributed by atoms with van der Waals surface area (Å²) in [5.74, 6) is -1.50. The normalized spacial score (nSPS) is 10.6. The number of hydrogen-bond acceptors (Lipinski definition) is 4. The second-order valence-corrected chi connectivity index (χ2v) is 7.05. The minimum absolute atomic E-state index is 0.00938. The van der Waals surface area contributed by atoms with E-state index in [4.69, 9.17) is 14.6 Å². The number of benzene rings is 2. The van der Waals surface area contributed by atoms with Crippen LogP contribution in [0.4, 0.5) is 8.78 Å². The maximum atomic E-state index is 13.9. The molecule has 0 aromatic heterocycles. The van der Waals surface area contributed by atoms with Crippen molar-refractivity contribution in [2.75, 3.05) is 27.3 Å². The molecular formula is C23H27F2NO5. The Labute approximate surface area is 180 Å². The second-order valence-electron chi connectivity index (χ2n) is 7.05. The molecule has 6 nitrogen and oxygen atoms in total. The molecule has 0 saturated carbocycles. The van der Waals surface area contributed by atoms with Crippen LogP contribution < -0.4 is 9.47 Å². The number of aliphatic carboxylic acids is 1. The van der Waals surface area contributed by atoms with Gasteiger partial charge in [0.15, 0.2) is 0 Å². The Morgan fingerprint density at radius 3 is 2.06 bits per heavy atom. The van der Waals surface area contributed by atoms with Crippen molar-refractivity contribution in [2.24, 2.45) is 0 Å². The van der Waals surface area contributed by atoms with Crippen LogP contribution in [0.1, 0.15) is 41.6 Å². The number of carboxylic acids is 1. The fourth-order valence-corrected chi connectivity index (χ4v) is 3.23. The Balaban J connectivity index is 2.13. The lowest BCUT2D eigenvalue weighted by Crippen LogP contribution is -2.33. The Morgan fingerprint density at radius 1 is 0.935 bits per heavy atom. The number of nitrogens with zero attached hydrogens (tertiary/aromatic N) is 1. The molecule has 0 atom stereocenters.